The SMILES string of the molecule is CCC(c1nc2ccc(OC)cc2[nH]1)N(C)CCC(=O)O. The van der Waals surface area contributed by atoms with Gasteiger partial charge in [0.1, 0.15) is 11.6 Å². The Labute approximate surface area is 123 Å². The van der Waals surface area contributed by atoms with Gasteiger partial charge in [0, 0.05) is 12.6 Å². The largest absolute Gasteiger partial charge is 0.497 e. The van der Waals surface area contributed by atoms with E-state index in [9.17, 15) is 4.79 Å². The minimum absolute atomic E-state index is 0.0720. The standard InChI is InChI=1S/C15H21N3O3/c1-4-13(18(2)8-7-14(19)20)15-16-11-6-5-10(21-3)9-12(11)17-15/h5-6,9,13H,4,7-8H2,1-3H3,(H,16,17)(H,19,20). The fourth-order valence-corrected chi connectivity index (χ4v) is 2.43. The number of carbonyl (C=O) groups is 1. The predicted molar refractivity (Wildman–Crippen MR) is 80.6 cm³/mol. The van der Waals surface area contributed by atoms with Gasteiger partial charge in [-0.05, 0) is 25.6 Å². The number of hydrogen-bond acceptors (Lipinski definition) is 4. The molecule has 2 aromatic rings. The van der Waals surface area contributed by atoms with Crippen LogP contribution in [0.5, 0.6) is 5.75 Å². The molecule has 0 amide bonds. The third kappa shape index (κ3) is 3.52. The van der Waals surface area contributed by atoms with Gasteiger partial charge in [-0.1, -0.05) is 6.92 Å². The summed E-state index contributed by atoms with van der Waals surface area (Å²) in [6.07, 6.45) is 0.980. The fraction of sp³-hybridized carbons (Fsp3) is 0.467. The summed E-state index contributed by atoms with van der Waals surface area (Å²) < 4.78 is 5.21. The summed E-state index contributed by atoms with van der Waals surface area (Å²) >= 11 is 0. The molecule has 2 N–H and O–H groups in total. The first-order valence-corrected chi connectivity index (χ1v) is 7.00. The minimum atomic E-state index is -0.786. The molecule has 0 aliphatic rings. The molecule has 0 fully saturated rings. The molecule has 114 valence electrons. The number of aliphatic carboxylic acids is 1. The molecule has 1 atom stereocenters. The Hall–Kier alpha value is -2.08. The first-order valence-electron chi connectivity index (χ1n) is 7.00. The third-order valence-corrected chi connectivity index (χ3v) is 3.62. The number of benzene rings is 1. The van der Waals surface area contributed by atoms with Crippen molar-refractivity contribution < 1.29 is 14.6 Å². The average molecular weight is 291 g/mol. The normalized spacial score (nSPS) is 12.8. The van der Waals surface area contributed by atoms with Gasteiger partial charge in [-0.25, -0.2) is 4.98 Å². The van der Waals surface area contributed by atoms with Crippen LogP contribution in [0, 0.1) is 0 Å². The molecule has 0 bridgehead atoms. The molecule has 0 radical (unpaired) electrons. The van der Waals surface area contributed by atoms with Gasteiger partial charge >= 0.3 is 5.97 Å². The number of nitrogens with zero attached hydrogens (tertiary/aromatic N) is 2. The molecule has 0 saturated heterocycles. The Morgan fingerprint density at radius 2 is 2.29 bits per heavy atom. The van der Waals surface area contributed by atoms with E-state index in [1.165, 1.54) is 0 Å². The molecular formula is C15H21N3O3. The maximum Gasteiger partial charge on any atom is 0.304 e. The fourth-order valence-electron chi connectivity index (χ4n) is 2.43. The smallest absolute Gasteiger partial charge is 0.304 e. The highest BCUT2D eigenvalue weighted by Crippen LogP contribution is 2.25. The Morgan fingerprint density at radius 1 is 1.52 bits per heavy atom. The van der Waals surface area contributed by atoms with E-state index >= 15 is 0 Å². The van der Waals surface area contributed by atoms with Crippen molar-refractivity contribution in [3.05, 3.63) is 24.0 Å². The molecule has 6 nitrogen and oxygen atoms in total. The second kappa shape index (κ2) is 6.58. The second-order valence-electron chi connectivity index (χ2n) is 5.05. The number of carboxylic acids is 1. The van der Waals surface area contributed by atoms with Crippen LogP contribution < -0.4 is 4.74 Å². The van der Waals surface area contributed by atoms with Gasteiger partial charge in [0.05, 0.1) is 30.6 Å². The lowest BCUT2D eigenvalue weighted by atomic mass is 10.2. The summed E-state index contributed by atoms with van der Waals surface area (Å²) in [4.78, 5) is 20.6. The first-order chi connectivity index (χ1) is 10.0. The number of aromatic amines is 1. The van der Waals surface area contributed by atoms with E-state index in [0.717, 1.165) is 29.0 Å². The van der Waals surface area contributed by atoms with Gasteiger partial charge in [0.25, 0.3) is 0 Å². The van der Waals surface area contributed by atoms with E-state index < -0.39 is 5.97 Å². The Bertz CT molecular complexity index is 624. The molecule has 0 saturated carbocycles. The average Bonchev–Trinajstić information content (AvgIpc) is 2.88. The van der Waals surface area contributed by atoms with Crippen molar-refractivity contribution in [2.24, 2.45) is 0 Å². The Balaban J connectivity index is 2.23. The number of aromatic nitrogens is 2. The summed E-state index contributed by atoms with van der Waals surface area (Å²) in [7, 11) is 3.55. The number of methoxy groups -OCH3 is 1. The maximum atomic E-state index is 10.7. The van der Waals surface area contributed by atoms with Crippen molar-refractivity contribution >= 4 is 17.0 Å². The van der Waals surface area contributed by atoms with Crippen molar-refractivity contribution in [3.8, 4) is 5.75 Å². The van der Waals surface area contributed by atoms with E-state index in [4.69, 9.17) is 9.84 Å². The summed E-state index contributed by atoms with van der Waals surface area (Å²) in [5.41, 5.74) is 1.81. The van der Waals surface area contributed by atoms with Crippen molar-refractivity contribution in [2.45, 2.75) is 25.8 Å². The van der Waals surface area contributed by atoms with Crippen LogP contribution in [-0.4, -0.2) is 46.6 Å². The lowest BCUT2D eigenvalue weighted by Crippen LogP contribution is -2.27. The second-order valence-corrected chi connectivity index (χ2v) is 5.05. The summed E-state index contributed by atoms with van der Waals surface area (Å²) in [5.74, 6) is 0.852. The van der Waals surface area contributed by atoms with Gasteiger partial charge in [-0.2, -0.15) is 0 Å². The summed E-state index contributed by atoms with van der Waals surface area (Å²) in [6, 6.07) is 5.78. The van der Waals surface area contributed by atoms with Crippen molar-refractivity contribution in [1.82, 2.24) is 14.9 Å². The van der Waals surface area contributed by atoms with E-state index in [1.807, 2.05) is 30.1 Å². The van der Waals surface area contributed by atoms with Crippen LogP contribution in [0.15, 0.2) is 18.2 Å². The lowest BCUT2D eigenvalue weighted by molar-refractivity contribution is -0.137. The van der Waals surface area contributed by atoms with Crippen molar-refractivity contribution in [1.29, 1.82) is 0 Å². The van der Waals surface area contributed by atoms with Crippen molar-refractivity contribution in [2.75, 3.05) is 20.7 Å². The molecule has 1 aromatic heterocycles. The van der Waals surface area contributed by atoms with Gasteiger partial charge in [0.15, 0.2) is 0 Å². The molecule has 1 heterocycles. The molecule has 1 aromatic carbocycles. The van der Waals surface area contributed by atoms with E-state index in [-0.39, 0.29) is 12.5 Å². The first kappa shape index (κ1) is 15.3. The lowest BCUT2D eigenvalue weighted by Gasteiger charge is -2.24. The molecule has 0 spiro atoms. The highest BCUT2D eigenvalue weighted by Gasteiger charge is 2.19. The highest BCUT2D eigenvalue weighted by atomic mass is 16.5. The van der Waals surface area contributed by atoms with E-state index in [0.29, 0.717) is 6.54 Å². The quantitative estimate of drug-likeness (QED) is 0.819. The van der Waals surface area contributed by atoms with Gasteiger partial charge in [-0.15, -0.1) is 0 Å². The molecule has 6 heteroatoms. The molecule has 0 aliphatic carbocycles. The van der Waals surface area contributed by atoms with Crippen LogP contribution in [0.3, 0.4) is 0 Å². The van der Waals surface area contributed by atoms with Crippen LogP contribution in [0.1, 0.15) is 31.6 Å². The molecule has 1 unspecified atom stereocenters. The maximum absolute atomic E-state index is 10.7. The number of rotatable bonds is 7. The van der Waals surface area contributed by atoms with Crippen LogP contribution in [0.2, 0.25) is 0 Å². The van der Waals surface area contributed by atoms with Crippen LogP contribution in [0.4, 0.5) is 0 Å². The summed E-state index contributed by atoms with van der Waals surface area (Å²) in [5, 5.41) is 8.80. The highest BCUT2D eigenvalue weighted by molar-refractivity contribution is 5.76. The van der Waals surface area contributed by atoms with E-state index in [2.05, 4.69) is 16.9 Å². The number of fused-ring (bicyclic) bond motifs is 1. The van der Waals surface area contributed by atoms with E-state index in [1.54, 1.807) is 7.11 Å². The number of hydrogen-bond donors (Lipinski definition) is 2. The number of carboxylic acid groups (broad SMARTS) is 1. The number of nitrogens with one attached hydrogen (secondary N) is 1. The monoisotopic (exact) mass is 291 g/mol. The minimum Gasteiger partial charge on any atom is -0.497 e. The number of H-pyrrole nitrogens is 1. The Kier molecular flexibility index (Phi) is 4.80. The number of imidazole rings is 1. The summed E-state index contributed by atoms with van der Waals surface area (Å²) in [6.45, 7) is 2.56. The molecule has 2 rings (SSSR count). The van der Waals surface area contributed by atoms with Crippen LogP contribution >= 0.6 is 0 Å². The third-order valence-electron chi connectivity index (χ3n) is 3.62. The predicted octanol–water partition coefficient (Wildman–Crippen LogP) is 2.43. The van der Waals surface area contributed by atoms with Crippen molar-refractivity contribution in [3.63, 3.8) is 0 Å². The molecule has 0 aliphatic heterocycles. The zero-order valence-corrected chi connectivity index (χ0v) is 12.6. The molecule has 21 heavy (non-hydrogen) atoms. The van der Waals surface area contributed by atoms with Gasteiger partial charge < -0.3 is 14.8 Å². The Morgan fingerprint density at radius 3 is 2.90 bits per heavy atom. The van der Waals surface area contributed by atoms with Gasteiger partial charge in [-0.3, -0.25) is 9.69 Å². The topological polar surface area (TPSA) is 78.5 Å². The zero-order chi connectivity index (χ0) is 15.4. The number of ether oxygens (including phenoxy) is 1. The van der Waals surface area contributed by atoms with Crippen LogP contribution in [0.25, 0.3) is 11.0 Å². The van der Waals surface area contributed by atoms with Gasteiger partial charge in [0.2, 0.25) is 0 Å². The molecular weight excluding hydrogens is 270 g/mol. The van der Waals surface area contributed by atoms with Crippen LogP contribution in [-0.2, 0) is 4.79 Å². The zero-order valence-electron chi connectivity index (χ0n) is 12.6.